The van der Waals surface area contributed by atoms with Crippen LogP contribution < -0.4 is 5.32 Å². The van der Waals surface area contributed by atoms with Crippen molar-refractivity contribution < 1.29 is 0 Å². The molecule has 2 heteroatoms. The molecule has 0 saturated carbocycles. The quantitative estimate of drug-likeness (QED) is 0.705. The zero-order valence-corrected chi connectivity index (χ0v) is 9.36. The molecule has 0 aliphatic heterocycles. The van der Waals surface area contributed by atoms with Crippen LogP contribution in [0.5, 0.6) is 0 Å². The van der Waals surface area contributed by atoms with Gasteiger partial charge in [0.2, 0.25) is 0 Å². The minimum atomic E-state index is 0.482. The van der Waals surface area contributed by atoms with Crippen LogP contribution in [0, 0.1) is 0 Å². The van der Waals surface area contributed by atoms with Gasteiger partial charge in [0.05, 0.1) is 0 Å². The van der Waals surface area contributed by atoms with Crippen LogP contribution in [-0.4, -0.2) is 6.04 Å². The van der Waals surface area contributed by atoms with Crippen molar-refractivity contribution in [2.45, 2.75) is 38.1 Å². The molecule has 0 atom stereocenters. The predicted octanol–water partition coefficient (Wildman–Crippen LogP) is 3.36. The van der Waals surface area contributed by atoms with Crippen LogP contribution in [0.25, 0.3) is 0 Å². The Balaban J connectivity index is 2.86. The summed E-state index contributed by atoms with van der Waals surface area (Å²) in [6.07, 6.45) is 1.03. The van der Waals surface area contributed by atoms with Crippen LogP contribution in [0.1, 0.15) is 26.3 Å². The van der Waals surface area contributed by atoms with Crippen molar-refractivity contribution in [2.24, 2.45) is 0 Å². The highest BCUT2D eigenvalue weighted by atomic mass is 32.1. The van der Waals surface area contributed by atoms with Crippen LogP contribution in [0.3, 0.4) is 0 Å². The summed E-state index contributed by atoms with van der Waals surface area (Å²) >= 11 is 4.39. The molecule has 1 aromatic carbocycles. The normalized spacial score (nSPS) is 10.5. The molecule has 0 bridgehead atoms. The number of rotatable bonds is 3. The van der Waals surface area contributed by atoms with Gasteiger partial charge in [-0.1, -0.05) is 6.92 Å². The van der Waals surface area contributed by atoms with Crippen molar-refractivity contribution in [1.29, 1.82) is 0 Å². The first-order chi connectivity index (χ1) is 6.13. The third-order valence-corrected chi connectivity index (χ3v) is 2.35. The van der Waals surface area contributed by atoms with Crippen LogP contribution in [0.2, 0.25) is 0 Å². The fraction of sp³-hybridized carbons (Fsp3) is 0.455. The molecule has 0 unspecified atom stereocenters. The second-order valence-corrected chi connectivity index (χ2v) is 3.98. The molecule has 1 N–H and O–H groups in total. The van der Waals surface area contributed by atoms with E-state index in [0.717, 1.165) is 11.3 Å². The van der Waals surface area contributed by atoms with E-state index in [1.54, 1.807) is 0 Å². The van der Waals surface area contributed by atoms with E-state index < -0.39 is 0 Å². The Morgan fingerprint density at radius 1 is 1.38 bits per heavy atom. The SMILES string of the molecule is CCc1cc(NC(C)C)ccc1S. The van der Waals surface area contributed by atoms with Gasteiger partial charge in [0.25, 0.3) is 0 Å². The van der Waals surface area contributed by atoms with E-state index in [1.165, 1.54) is 11.3 Å². The highest BCUT2D eigenvalue weighted by molar-refractivity contribution is 7.80. The lowest BCUT2D eigenvalue weighted by atomic mass is 10.1. The smallest absolute Gasteiger partial charge is 0.0345 e. The molecule has 0 spiro atoms. The lowest BCUT2D eigenvalue weighted by Crippen LogP contribution is -2.09. The van der Waals surface area contributed by atoms with Crippen LogP contribution >= 0.6 is 12.6 Å². The minimum Gasteiger partial charge on any atom is -0.383 e. The topological polar surface area (TPSA) is 12.0 Å². The van der Waals surface area contributed by atoms with Crippen LogP contribution in [0.15, 0.2) is 23.1 Å². The van der Waals surface area contributed by atoms with Gasteiger partial charge >= 0.3 is 0 Å². The summed E-state index contributed by atoms with van der Waals surface area (Å²) in [5, 5.41) is 3.37. The van der Waals surface area contributed by atoms with Crippen molar-refractivity contribution in [3.8, 4) is 0 Å². The Morgan fingerprint density at radius 3 is 2.62 bits per heavy atom. The highest BCUT2D eigenvalue weighted by Gasteiger charge is 1.99. The van der Waals surface area contributed by atoms with Crippen molar-refractivity contribution >= 4 is 18.3 Å². The number of hydrogen-bond donors (Lipinski definition) is 2. The van der Waals surface area contributed by atoms with Crippen LogP contribution in [0.4, 0.5) is 5.69 Å². The minimum absolute atomic E-state index is 0.482. The molecule has 72 valence electrons. The molecule has 1 rings (SSSR count). The first-order valence-corrected chi connectivity index (χ1v) is 5.16. The number of nitrogens with one attached hydrogen (secondary N) is 1. The largest absolute Gasteiger partial charge is 0.383 e. The van der Waals surface area contributed by atoms with E-state index >= 15 is 0 Å². The molecule has 0 aromatic heterocycles. The zero-order valence-electron chi connectivity index (χ0n) is 8.46. The maximum atomic E-state index is 4.39. The van der Waals surface area contributed by atoms with Crippen molar-refractivity contribution in [3.05, 3.63) is 23.8 Å². The molecular weight excluding hydrogens is 178 g/mol. The highest BCUT2D eigenvalue weighted by Crippen LogP contribution is 2.19. The lowest BCUT2D eigenvalue weighted by Gasteiger charge is -2.11. The summed E-state index contributed by atoms with van der Waals surface area (Å²) in [6, 6.07) is 6.77. The molecule has 0 amide bonds. The fourth-order valence-corrected chi connectivity index (χ4v) is 1.59. The number of hydrogen-bond acceptors (Lipinski definition) is 2. The Kier molecular flexibility index (Phi) is 3.67. The summed E-state index contributed by atoms with van der Waals surface area (Å²) in [4.78, 5) is 1.08. The Hall–Kier alpha value is -0.630. The fourth-order valence-electron chi connectivity index (χ4n) is 1.29. The van der Waals surface area contributed by atoms with Gasteiger partial charge < -0.3 is 5.32 Å². The standard InChI is InChI=1S/C11H17NS/c1-4-9-7-10(12-8(2)3)5-6-11(9)13/h5-8,12-13H,4H2,1-3H3. The Bertz CT molecular complexity index is 281. The van der Waals surface area contributed by atoms with Gasteiger partial charge in [-0.05, 0) is 44.0 Å². The van der Waals surface area contributed by atoms with Crippen molar-refractivity contribution in [2.75, 3.05) is 5.32 Å². The molecule has 0 heterocycles. The van der Waals surface area contributed by atoms with Gasteiger partial charge in [-0.2, -0.15) is 0 Å². The summed E-state index contributed by atoms with van der Waals surface area (Å²) in [5.41, 5.74) is 2.48. The molecule has 0 saturated heterocycles. The van der Waals surface area contributed by atoms with Crippen LogP contribution in [-0.2, 0) is 6.42 Å². The molecule has 0 radical (unpaired) electrons. The van der Waals surface area contributed by atoms with E-state index in [9.17, 15) is 0 Å². The first-order valence-electron chi connectivity index (χ1n) is 4.72. The van der Waals surface area contributed by atoms with Crippen molar-refractivity contribution in [3.63, 3.8) is 0 Å². The second-order valence-electron chi connectivity index (χ2n) is 3.50. The molecular formula is C11H17NS. The molecule has 0 aliphatic carbocycles. The molecule has 1 nitrogen and oxygen atoms in total. The molecule has 13 heavy (non-hydrogen) atoms. The number of benzene rings is 1. The Morgan fingerprint density at radius 2 is 2.08 bits per heavy atom. The maximum absolute atomic E-state index is 4.39. The lowest BCUT2D eigenvalue weighted by molar-refractivity contribution is 0.897. The Labute approximate surface area is 86.0 Å². The van der Waals surface area contributed by atoms with Gasteiger partial charge in [0.15, 0.2) is 0 Å². The van der Waals surface area contributed by atoms with E-state index in [0.29, 0.717) is 6.04 Å². The number of anilines is 1. The number of aryl methyl sites for hydroxylation is 1. The van der Waals surface area contributed by atoms with Gasteiger partial charge in [0.1, 0.15) is 0 Å². The molecule has 1 aromatic rings. The van der Waals surface area contributed by atoms with E-state index in [4.69, 9.17) is 0 Å². The van der Waals surface area contributed by atoms with E-state index in [-0.39, 0.29) is 0 Å². The van der Waals surface area contributed by atoms with Crippen molar-refractivity contribution in [1.82, 2.24) is 0 Å². The van der Waals surface area contributed by atoms with Gasteiger partial charge in [-0.15, -0.1) is 12.6 Å². The third kappa shape index (κ3) is 2.96. The van der Waals surface area contributed by atoms with Gasteiger partial charge in [-0.3, -0.25) is 0 Å². The molecule has 0 fully saturated rings. The maximum Gasteiger partial charge on any atom is 0.0345 e. The summed E-state index contributed by atoms with van der Waals surface area (Å²) in [5.74, 6) is 0. The predicted molar refractivity (Wildman–Crippen MR) is 61.8 cm³/mol. The second kappa shape index (κ2) is 4.56. The summed E-state index contributed by atoms with van der Waals surface area (Å²) < 4.78 is 0. The van der Waals surface area contributed by atoms with E-state index in [2.05, 4.69) is 50.8 Å². The summed E-state index contributed by atoms with van der Waals surface area (Å²) in [7, 11) is 0. The van der Waals surface area contributed by atoms with E-state index in [1.807, 2.05) is 6.07 Å². The number of thiol groups is 1. The van der Waals surface area contributed by atoms with Gasteiger partial charge in [0, 0.05) is 16.6 Å². The first kappa shape index (κ1) is 10.5. The van der Waals surface area contributed by atoms with Gasteiger partial charge in [-0.25, -0.2) is 0 Å². The molecule has 0 aliphatic rings. The third-order valence-electron chi connectivity index (χ3n) is 1.92. The zero-order chi connectivity index (χ0) is 9.84. The average Bonchev–Trinajstić information content (AvgIpc) is 2.07. The monoisotopic (exact) mass is 195 g/mol. The summed E-state index contributed by atoms with van der Waals surface area (Å²) in [6.45, 7) is 6.43. The average molecular weight is 195 g/mol.